The lowest BCUT2D eigenvalue weighted by atomic mass is 10.1. The predicted octanol–water partition coefficient (Wildman–Crippen LogP) is 3.43. The number of carboxylic acid groups (broad SMARTS) is 1. The van der Waals surface area contributed by atoms with E-state index >= 15 is 0 Å². The molecule has 98 valence electrons. The van der Waals surface area contributed by atoms with Gasteiger partial charge in [0.1, 0.15) is 0 Å². The monoisotopic (exact) mass is 294 g/mol. The molecule has 0 aliphatic carbocycles. The molecule has 1 aromatic heterocycles. The number of aromatic nitrogens is 2. The second-order valence-corrected chi connectivity index (χ2v) is 5.29. The number of thioether (sulfide) groups is 1. The minimum atomic E-state index is -0.983. The predicted molar refractivity (Wildman–Crippen MR) is 74.7 cm³/mol. The number of rotatable bonds is 4. The molecule has 4 nitrogen and oxygen atoms in total. The van der Waals surface area contributed by atoms with Crippen LogP contribution in [0.5, 0.6) is 0 Å². The second-order valence-electron chi connectivity index (χ2n) is 3.94. The van der Waals surface area contributed by atoms with Crippen LogP contribution in [0.2, 0.25) is 5.02 Å². The maximum atomic E-state index is 10.8. The molecule has 1 aromatic carbocycles. The third-order valence-electron chi connectivity index (χ3n) is 2.41. The third kappa shape index (κ3) is 3.68. The van der Waals surface area contributed by atoms with Gasteiger partial charge in [0, 0.05) is 23.2 Å². The average molecular weight is 295 g/mol. The minimum absolute atomic E-state index is 0.185. The van der Waals surface area contributed by atoms with Crippen molar-refractivity contribution in [2.45, 2.75) is 17.8 Å². The molecule has 0 bridgehead atoms. The van der Waals surface area contributed by atoms with Crippen LogP contribution in [0.1, 0.15) is 21.5 Å². The molecule has 2 rings (SSSR count). The molecule has 0 amide bonds. The van der Waals surface area contributed by atoms with Crippen molar-refractivity contribution < 1.29 is 9.90 Å². The smallest absolute Gasteiger partial charge is 0.335 e. The van der Waals surface area contributed by atoms with E-state index in [1.165, 1.54) is 17.8 Å². The zero-order chi connectivity index (χ0) is 13.8. The van der Waals surface area contributed by atoms with Crippen molar-refractivity contribution >= 4 is 29.3 Å². The molecule has 0 spiro atoms. The molecule has 0 aliphatic rings. The van der Waals surface area contributed by atoms with Crippen molar-refractivity contribution in [3.63, 3.8) is 0 Å². The fraction of sp³-hybridized carbons (Fsp3) is 0.154. The lowest BCUT2D eigenvalue weighted by Gasteiger charge is -2.04. The summed E-state index contributed by atoms with van der Waals surface area (Å²) >= 11 is 7.50. The zero-order valence-electron chi connectivity index (χ0n) is 10.1. The summed E-state index contributed by atoms with van der Waals surface area (Å²) in [5.41, 5.74) is 2.05. The van der Waals surface area contributed by atoms with Gasteiger partial charge in [-0.15, -0.1) is 0 Å². The number of hydrogen-bond donors (Lipinski definition) is 1. The van der Waals surface area contributed by atoms with Crippen LogP contribution >= 0.6 is 23.4 Å². The Kier molecular flexibility index (Phi) is 4.39. The van der Waals surface area contributed by atoms with E-state index < -0.39 is 5.97 Å². The van der Waals surface area contributed by atoms with Crippen molar-refractivity contribution in [3.8, 4) is 0 Å². The first-order valence-corrected chi connectivity index (χ1v) is 6.86. The van der Waals surface area contributed by atoms with Gasteiger partial charge in [-0.25, -0.2) is 14.8 Å². The quantitative estimate of drug-likeness (QED) is 0.691. The standard InChI is InChI=1S/C13H11ClN2O2S/c1-8-5-15-13(16-6-8)19-7-10-3-2-9(12(17)18)4-11(10)14/h2-6H,7H2,1H3,(H,17,18). The summed E-state index contributed by atoms with van der Waals surface area (Å²) in [6.45, 7) is 1.93. The number of carboxylic acids is 1. The Morgan fingerprint density at radius 3 is 2.63 bits per heavy atom. The van der Waals surface area contributed by atoms with Gasteiger partial charge in [0.25, 0.3) is 0 Å². The highest BCUT2D eigenvalue weighted by molar-refractivity contribution is 7.98. The molecule has 0 fully saturated rings. The summed E-state index contributed by atoms with van der Waals surface area (Å²) < 4.78 is 0. The van der Waals surface area contributed by atoms with Gasteiger partial charge in [0.05, 0.1) is 5.56 Å². The Balaban J connectivity index is 2.07. The molecule has 0 aliphatic heterocycles. The van der Waals surface area contributed by atoms with Gasteiger partial charge in [0.2, 0.25) is 0 Å². The van der Waals surface area contributed by atoms with Crippen LogP contribution in [0.25, 0.3) is 0 Å². The molecule has 0 atom stereocenters. The van der Waals surface area contributed by atoms with Crippen LogP contribution in [0.15, 0.2) is 35.7 Å². The second kappa shape index (κ2) is 6.04. The summed E-state index contributed by atoms with van der Waals surface area (Å²) in [6, 6.07) is 4.71. The van der Waals surface area contributed by atoms with E-state index in [9.17, 15) is 4.79 Å². The lowest BCUT2D eigenvalue weighted by Crippen LogP contribution is -1.97. The normalized spacial score (nSPS) is 10.4. The summed E-state index contributed by atoms with van der Waals surface area (Å²) in [7, 11) is 0. The van der Waals surface area contributed by atoms with Crippen molar-refractivity contribution in [1.29, 1.82) is 0 Å². The van der Waals surface area contributed by atoms with Crippen LogP contribution in [0.4, 0.5) is 0 Å². The SMILES string of the molecule is Cc1cnc(SCc2ccc(C(=O)O)cc2Cl)nc1. The lowest BCUT2D eigenvalue weighted by molar-refractivity contribution is 0.0697. The molecular weight excluding hydrogens is 284 g/mol. The van der Waals surface area contributed by atoms with Gasteiger partial charge >= 0.3 is 5.97 Å². The minimum Gasteiger partial charge on any atom is -0.478 e. The summed E-state index contributed by atoms with van der Waals surface area (Å²) in [6.07, 6.45) is 3.51. The third-order valence-corrected chi connectivity index (χ3v) is 3.69. The Morgan fingerprint density at radius 1 is 1.37 bits per heavy atom. The van der Waals surface area contributed by atoms with Crippen molar-refractivity contribution in [1.82, 2.24) is 9.97 Å². The van der Waals surface area contributed by atoms with Crippen molar-refractivity contribution in [2.24, 2.45) is 0 Å². The molecule has 0 radical (unpaired) electrons. The van der Waals surface area contributed by atoms with Crippen molar-refractivity contribution in [2.75, 3.05) is 0 Å². The number of benzene rings is 1. The molecular formula is C13H11ClN2O2S. The fourth-order valence-electron chi connectivity index (χ4n) is 1.39. The first-order chi connectivity index (χ1) is 9.06. The molecule has 0 saturated heterocycles. The highest BCUT2D eigenvalue weighted by atomic mass is 35.5. The van der Waals surface area contributed by atoms with E-state index in [-0.39, 0.29) is 5.56 Å². The molecule has 19 heavy (non-hydrogen) atoms. The summed E-state index contributed by atoms with van der Waals surface area (Å²) in [4.78, 5) is 19.2. The van der Waals surface area contributed by atoms with E-state index in [1.807, 2.05) is 6.92 Å². The fourth-order valence-corrected chi connectivity index (χ4v) is 2.51. The maximum absolute atomic E-state index is 10.8. The average Bonchev–Trinajstić information content (AvgIpc) is 2.39. The molecule has 6 heteroatoms. The number of carbonyl (C=O) groups is 1. The Labute approximate surface area is 119 Å². The molecule has 1 heterocycles. The van der Waals surface area contributed by atoms with Crippen LogP contribution in [0.3, 0.4) is 0 Å². The number of aryl methyl sites for hydroxylation is 1. The highest BCUT2D eigenvalue weighted by Crippen LogP contribution is 2.25. The molecule has 1 N–H and O–H groups in total. The topological polar surface area (TPSA) is 63.1 Å². The van der Waals surface area contributed by atoms with Gasteiger partial charge in [-0.3, -0.25) is 0 Å². The van der Waals surface area contributed by atoms with E-state index in [2.05, 4.69) is 9.97 Å². The van der Waals surface area contributed by atoms with E-state index in [0.717, 1.165) is 11.1 Å². The van der Waals surface area contributed by atoms with E-state index in [1.54, 1.807) is 24.5 Å². The van der Waals surface area contributed by atoms with Gasteiger partial charge in [0.15, 0.2) is 5.16 Å². The summed E-state index contributed by atoms with van der Waals surface area (Å²) in [5, 5.41) is 9.96. The van der Waals surface area contributed by atoms with Gasteiger partial charge in [-0.2, -0.15) is 0 Å². The van der Waals surface area contributed by atoms with Crippen LogP contribution in [-0.2, 0) is 5.75 Å². The van der Waals surface area contributed by atoms with Crippen LogP contribution < -0.4 is 0 Å². The van der Waals surface area contributed by atoms with Crippen LogP contribution in [-0.4, -0.2) is 21.0 Å². The van der Waals surface area contributed by atoms with Crippen molar-refractivity contribution in [3.05, 3.63) is 52.3 Å². The zero-order valence-corrected chi connectivity index (χ0v) is 11.7. The largest absolute Gasteiger partial charge is 0.478 e. The first-order valence-electron chi connectivity index (χ1n) is 5.49. The number of nitrogens with zero attached hydrogens (tertiary/aromatic N) is 2. The Morgan fingerprint density at radius 2 is 2.05 bits per heavy atom. The number of aromatic carboxylic acids is 1. The van der Waals surface area contributed by atoms with Gasteiger partial charge in [-0.1, -0.05) is 29.4 Å². The van der Waals surface area contributed by atoms with E-state index in [4.69, 9.17) is 16.7 Å². The molecule has 2 aromatic rings. The van der Waals surface area contributed by atoms with Gasteiger partial charge in [-0.05, 0) is 30.2 Å². The van der Waals surface area contributed by atoms with Crippen LogP contribution in [0, 0.1) is 6.92 Å². The summed E-state index contributed by atoms with van der Waals surface area (Å²) in [5.74, 6) is -0.384. The molecule has 0 saturated carbocycles. The van der Waals surface area contributed by atoms with E-state index in [0.29, 0.717) is 15.9 Å². The number of hydrogen-bond acceptors (Lipinski definition) is 4. The van der Waals surface area contributed by atoms with Gasteiger partial charge < -0.3 is 5.11 Å². The Bertz CT molecular complexity index is 602. The molecule has 0 unspecified atom stereocenters. The Hall–Kier alpha value is -1.59. The maximum Gasteiger partial charge on any atom is 0.335 e. The number of halogens is 1. The first kappa shape index (κ1) is 13.8. The highest BCUT2D eigenvalue weighted by Gasteiger charge is 2.08.